The summed E-state index contributed by atoms with van der Waals surface area (Å²) in [6.45, 7) is 4.54. The lowest BCUT2D eigenvalue weighted by Gasteiger charge is -2.12. The first kappa shape index (κ1) is 13.8. The molecule has 106 valence electrons. The number of rotatable bonds is 6. The predicted octanol–water partition coefficient (Wildman–Crippen LogP) is 2.27. The first-order chi connectivity index (χ1) is 9.17. The molecule has 0 amide bonds. The number of hydrogen-bond acceptors (Lipinski definition) is 6. The van der Waals surface area contributed by atoms with Gasteiger partial charge in [-0.2, -0.15) is 9.97 Å². The van der Waals surface area contributed by atoms with Crippen molar-refractivity contribution in [1.82, 2.24) is 15.0 Å². The molecule has 1 aliphatic rings. The van der Waals surface area contributed by atoms with Gasteiger partial charge in [-0.1, -0.05) is 12.8 Å². The van der Waals surface area contributed by atoms with Gasteiger partial charge in [0.15, 0.2) is 0 Å². The second-order valence-corrected chi connectivity index (χ2v) is 5.10. The number of aromatic nitrogens is 3. The van der Waals surface area contributed by atoms with Gasteiger partial charge in [-0.25, -0.2) is 0 Å². The summed E-state index contributed by atoms with van der Waals surface area (Å²) in [6, 6.07) is 0.637. The highest BCUT2D eigenvalue weighted by Gasteiger charge is 2.17. The van der Waals surface area contributed by atoms with E-state index in [1.807, 2.05) is 13.8 Å². The normalized spacial score (nSPS) is 15.8. The van der Waals surface area contributed by atoms with Crippen LogP contribution in [0.3, 0.4) is 0 Å². The summed E-state index contributed by atoms with van der Waals surface area (Å²) in [7, 11) is 1.76. The largest absolute Gasteiger partial charge is 0.463 e. The molecule has 1 N–H and O–H groups in total. The third-order valence-corrected chi connectivity index (χ3v) is 3.08. The summed E-state index contributed by atoms with van der Waals surface area (Å²) in [5.41, 5.74) is 0. The number of ether oxygens (including phenoxy) is 2. The highest BCUT2D eigenvalue weighted by atomic mass is 16.5. The standard InChI is InChI=1S/C13H22N4O2/c1-9(2)19-13-16-11(14-3)15-12(17-13)18-8-10-6-4-5-7-10/h9-10H,4-8H2,1-3H3,(H,14,15,16,17). The van der Waals surface area contributed by atoms with Gasteiger partial charge in [0, 0.05) is 7.05 Å². The molecule has 1 fully saturated rings. The van der Waals surface area contributed by atoms with Crippen LogP contribution in [0.2, 0.25) is 0 Å². The van der Waals surface area contributed by atoms with Gasteiger partial charge in [0.1, 0.15) is 0 Å². The highest BCUT2D eigenvalue weighted by molar-refractivity contribution is 5.26. The Bertz CT molecular complexity index is 406. The van der Waals surface area contributed by atoms with Crippen LogP contribution in [0.4, 0.5) is 5.95 Å². The fraction of sp³-hybridized carbons (Fsp3) is 0.769. The van der Waals surface area contributed by atoms with Crippen LogP contribution in [-0.4, -0.2) is 34.7 Å². The van der Waals surface area contributed by atoms with Crippen molar-refractivity contribution in [2.75, 3.05) is 19.0 Å². The third kappa shape index (κ3) is 4.22. The Labute approximate surface area is 114 Å². The topological polar surface area (TPSA) is 69.2 Å². The smallest absolute Gasteiger partial charge is 0.324 e. The molecule has 0 spiro atoms. The lowest BCUT2D eigenvalue weighted by atomic mass is 10.1. The molecule has 19 heavy (non-hydrogen) atoms. The van der Waals surface area contributed by atoms with Crippen LogP contribution in [0.5, 0.6) is 12.0 Å². The fourth-order valence-corrected chi connectivity index (χ4v) is 2.15. The van der Waals surface area contributed by atoms with Crippen molar-refractivity contribution < 1.29 is 9.47 Å². The molecule has 0 aromatic carbocycles. The van der Waals surface area contributed by atoms with Gasteiger partial charge in [-0.15, -0.1) is 4.98 Å². The maximum atomic E-state index is 5.67. The van der Waals surface area contributed by atoms with Crippen molar-refractivity contribution in [1.29, 1.82) is 0 Å². The van der Waals surface area contributed by atoms with Gasteiger partial charge >= 0.3 is 12.0 Å². The van der Waals surface area contributed by atoms with Gasteiger partial charge in [-0.3, -0.25) is 0 Å². The highest BCUT2D eigenvalue weighted by Crippen LogP contribution is 2.25. The van der Waals surface area contributed by atoms with Gasteiger partial charge in [0.2, 0.25) is 5.95 Å². The Morgan fingerprint density at radius 3 is 2.47 bits per heavy atom. The van der Waals surface area contributed by atoms with E-state index < -0.39 is 0 Å². The minimum atomic E-state index is 0.0230. The molecule has 1 aromatic rings. The third-order valence-electron chi connectivity index (χ3n) is 3.08. The van der Waals surface area contributed by atoms with Crippen LogP contribution in [0, 0.1) is 5.92 Å². The van der Waals surface area contributed by atoms with Crippen molar-refractivity contribution >= 4 is 5.95 Å². The molecule has 1 aromatic heterocycles. The molecule has 6 nitrogen and oxygen atoms in total. The fourth-order valence-electron chi connectivity index (χ4n) is 2.15. The van der Waals surface area contributed by atoms with E-state index >= 15 is 0 Å². The average Bonchev–Trinajstić information content (AvgIpc) is 2.88. The van der Waals surface area contributed by atoms with Crippen molar-refractivity contribution in [3.8, 4) is 12.0 Å². The Morgan fingerprint density at radius 2 is 1.84 bits per heavy atom. The van der Waals surface area contributed by atoms with E-state index in [2.05, 4.69) is 20.3 Å². The van der Waals surface area contributed by atoms with Crippen LogP contribution < -0.4 is 14.8 Å². The SMILES string of the molecule is CNc1nc(OCC2CCCC2)nc(OC(C)C)n1. The van der Waals surface area contributed by atoms with E-state index in [-0.39, 0.29) is 6.10 Å². The average molecular weight is 266 g/mol. The van der Waals surface area contributed by atoms with E-state index in [0.717, 1.165) is 0 Å². The number of nitrogens with one attached hydrogen (secondary N) is 1. The van der Waals surface area contributed by atoms with Crippen molar-refractivity contribution in [2.24, 2.45) is 5.92 Å². The summed E-state index contributed by atoms with van der Waals surface area (Å²) in [6.07, 6.45) is 5.09. The summed E-state index contributed by atoms with van der Waals surface area (Å²) >= 11 is 0. The van der Waals surface area contributed by atoms with Crippen LogP contribution in [0.25, 0.3) is 0 Å². The minimum Gasteiger partial charge on any atom is -0.463 e. The number of hydrogen-bond donors (Lipinski definition) is 1. The molecular weight excluding hydrogens is 244 g/mol. The first-order valence-corrected chi connectivity index (χ1v) is 6.90. The Hall–Kier alpha value is -1.59. The predicted molar refractivity (Wildman–Crippen MR) is 72.6 cm³/mol. The Morgan fingerprint density at radius 1 is 1.16 bits per heavy atom. The zero-order valence-electron chi connectivity index (χ0n) is 11.8. The van der Waals surface area contributed by atoms with Crippen LogP contribution in [-0.2, 0) is 0 Å². The van der Waals surface area contributed by atoms with Gasteiger partial charge in [-0.05, 0) is 32.6 Å². The molecule has 6 heteroatoms. The van der Waals surface area contributed by atoms with Crippen molar-refractivity contribution in [3.63, 3.8) is 0 Å². The maximum Gasteiger partial charge on any atom is 0.324 e. The van der Waals surface area contributed by atoms with E-state index in [1.54, 1.807) is 7.05 Å². The monoisotopic (exact) mass is 266 g/mol. The molecule has 2 rings (SSSR count). The Balaban J connectivity index is 2.00. The van der Waals surface area contributed by atoms with E-state index in [4.69, 9.17) is 9.47 Å². The second-order valence-electron chi connectivity index (χ2n) is 5.10. The summed E-state index contributed by atoms with van der Waals surface area (Å²) in [5.74, 6) is 1.09. The zero-order valence-corrected chi connectivity index (χ0v) is 11.8. The van der Waals surface area contributed by atoms with Crippen LogP contribution >= 0.6 is 0 Å². The quantitative estimate of drug-likeness (QED) is 0.851. The lowest BCUT2D eigenvalue weighted by molar-refractivity contribution is 0.203. The summed E-state index contributed by atoms with van der Waals surface area (Å²) in [5, 5.41) is 2.89. The number of anilines is 1. The van der Waals surface area contributed by atoms with Gasteiger partial charge < -0.3 is 14.8 Å². The molecule has 0 radical (unpaired) electrons. The minimum absolute atomic E-state index is 0.0230. The van der Waals surface area contributed by atoms with Crippen LogP contribution in [0.15, 0.2) is 0 Å². The second kappa shape index (κ2) is 6.54. The van der Waals surface area contributed by atoms with Crippen LogP contribution in [0.1, 0.15) is 39.5 Å². The maximum absolute atomic E-state index is 5.67. The zero-order chi connectivity index (χ0) is 13.7. The molecule has 0 bridgehead atoms. The molecule has 0 saturated heterocycles. The van der Waals surface area contributed by atoms with E-state index in [0.29, 0.717) is 30.5 Å². The number of nitrogens with zero attached hydrogens (tertiary/aromatic N) is 3. The molecular formula is C13H22N4O2. The van der Waals surface area contributed by atoms with E-state index in [1.165, 1.54) is 25.7 Å². The van der Waals surface area contributed by atoms with Crippen molar-refractivity contribution in [3.05, 3.63) is 0 Å². The summed E-state index contributed by atoms with van der Waals surface area (Å²) in [4.78, 5) is 12.5. The first-order valence-electron chi connectivity index (χ1n) is 6.90. The molecule has 1 aliphatic carbocycles. The molecule has 0 unspecified atom stereocenters. The van der Waals surface area contributed by atoms with Gasteiger partial charge in [0.25, 0.3) is 0 Å². The lowest BCUT2D eigenvalue weighted by Crippen LogP contribution is -2.14. The van der Waals surface area contributed by atoms with E-state index in [9.17, 15) is 0 Å². The Kier molecular flexibility index (Phi) is 4.76. The molecule has 1 saturated carbocycles. The summed E-state index contributed by atoms with van der Waals surface area (Å²) < 4.78 is 11.2. The molecule has 0 atom stereocenters. The van der Waals surface area contributed by atoms with Crippen molar-refractivity contribution in [2.45, 2.75) is 45.6 Å². The molecule has 0 aliphatic heterocycles. The molecule has 1 heterocycles. The van der Waals surface area contributed by atoms with Gasteiger partial charge in [0.05, 0.1) is 12.7 Å².